The number of ether oxygens (including phenoxy) is 1. The highest BCUT2D eigenvalue weighted by molar-refractivity contribution is 7.08. The zero-order chi connectivity index (χ0) is 13.7. The summed E-state index contributed by atoms with van der Waals surface area (Å²) in [6.07, 6.45) is 0. The van der Waals surface area contributed by atoms with E-state index >= 15 is 0 Å². The molecule has 0 unspecified atom stereocenters. The Morgan fingerprint density at radius 1 is 1.42 bits per heavy atom. The summed E-state index contributed by atoms with van der Waals surface area (Å²) in [5.41, 5.74) is 2.16. The molecule has 0 atom stereocenters. The van der Waals surface area contributed by atoms with Crippen LogP contribution in [-0.4, -0.2) is 12.5 Å². The van der Waals surface area contributed by atoms with Gasteiger partial charge < -0.3 is 10.1 Å². The van der Waals surface area contributed by atoms with E-state index < -0.39 is 0 Å². The number of benzene rings is 1. The van der Waals surface area contributed by atoms with E-state index in [1.165, 1.54) is 11.3 Å². The van der Waals surface area contributed by atoms with Gasteiger partial charge in [0.05, 0.1) is 11.3 Å². The summed E-state index contributed by atoms with van der Waals surface area (Å²) in [4.78, 5) is 12.1. The first-order valence-electron chi connectivity index (χ1n) is 5.65. The molecule has 0 saturated carbocycles. The molecule has 1 heterocycles. The number of para-hydroxylation sites is 2. The average Bonchev–Trinajstić information content (AvgIpc) is 2.84. The predicted molar refractivity (Wildman–Crippen MR) is 74.6 cm³/mol. The van der Waals surface area contributed by atoms with Gasteiger partial charge in [0.25, 0.3) is 5.91 Å². The smallest absolute Gasteiger partial charge is 0.256 e. The van der Waals surface area contributed by atoms with Crippen molar-refractivity contribution in [3.05, 3.63) is 46.2 Å². The molecule has 19 heavy (non-hydrogen) atoms. The van der Waals surface area contributed by atoms with Crippen molar-refractivity contribution in [3.8, 4) is 11.8 Å². The third-order valence-corrected chi connectivity index (χ3v) is 3.39. The summed E-state index contributed by atoms with van der Waals surface area (Å²) >= 11 is 1.49. The zero-order valence-electron chi connectivity index (χ0n) is 10.3. The van der Waals surface area contributed by atoms with Gasteiger partial charge in [-0.05, 0) is 30.0 Å². The summed E-state index contributed by atoms with van der Waals surface area (Å²) in [5.74, 6) is 0.317. The number of hydrogen-bond donors (Lipinski definition) is 1. The molecule has 1 aromatic carbocycles. The summed E-state index contributed by atoms with van der Waals surface area (Å²) in [6, 6.07) is 8.95. The fourth-order valence-electron chi connectivity index (χ4n) is 1.59. The normalized spacial score (nSPS) is 9.68. The Balaban J connectivity index is 2.17. The molecule has 0 aliphatic heterocycles. The Hall–Kier alpha value is -2.32. The minimum atomic E-state index is -0.174. The highest BCUT2D eigenvalue weighted by Gasteiger charge is 2.12. The van der Waals surface area contributed by atoms with Crippen LogP contribution in [0.2, 0.25) is 0 Å². The van der Waals surface area contributed by atoms with Crippen LogP contribution in [-0.2, 0) is 0 Å². The second-order valence-electron chi connectivity index (χ2n) is 3.87. The van der Waals surface area contributed by atoms with E-state index in [-0.39, 0.29) is 12.5 Å². The fraction of sp³-hybridized carbons (Fsp3) is 0.143. The molecule has 1 aromatic heterocycles. The number of carbonyl (C=O) groups is 1. The molecule has 2 aromatic rings. The van der Waals surface area contributed by atoms with E-state index in [0.717, 1.165) is 5.56 Å². The van der Waals surface area contributed by atoms with Crippen LogP contribution in [0.1, 0.15) is 15.9 Å². The minimum absolute atomic E-state index is 0.0512. The van der Waals surface area contributed by atoms with Crippen molar-refractivity contribution < 1.29 is 9.53 Å². The Labute approximate surface area is 115 Å². The number of rotatable bonds is 4. The van der Waals surface area contributed by atoms with Crippen LogP contribution in [0.4, 0.5) is 5.69 Å². The predicted octanol–water partition coefficient (Wildman–Crippen LogP) is 3.21. The maximum atomic E-state index is 12.1. The Morgan fingerprint density at radius 3 is 2.89 bits per heavy atom. The van der Waals surface area contributed by atoms with Crippen LogP contribution >= 0.6 is 11.3 Å². The molecule has 0 spiro atoms. The Bertz CT molecular complexity index is 628. The minimum Gasteiger partial charge on any atom is -0.477 e. The van der Waals surface area contributed by atoms with E-state index in [2.05, 4.69) is 5.32 Å². The number of aryl methyl sites for hydroxylation is 1. The Morgan fingerprint density at radius 2 is 2.21 bits per heavy atom. The Kier molecular flexibility index (Phi) is 4.16. The average molecular weight is 272 g/mol. The maximum absolute atomic E-state index is 12.1. The van der Waals surface area contributed by atoms with Crippen LogP contribution < -0.4 is 10.1 Å². The van der Waals surface area contributed by atoms with Gasteiger partial charge in [0.15, 0.2) is 6.61 Å². The van der Waals surface area contributed by atoms with Crippen molar-refractivity contribution in [2.45, 2.75) is 6.92 Å². The van der Waals surface area contributed by atoms with E-state index in [4.69, 9.17) is 10.00 Å². The second-order valence-corrected chi connectivity index (χ2v) is 4.61. The lowest BCUT2D eigenvalue weighted by molar-refractivity contribution is 0.102. The lowest BCUT2D eigenvalue weighted by Gasteiger charge is -2.10. The molecule has 96 valence electrons. The van der Waals surface area contributed by atoms with Crippen LogP contribution in [0.5, 0.6) is 5.75 Å². The third-order valence-electron chi connectivity index (χ3n) is 2.53. The number of nitrogens with zero attached hydrogens (tertiary/aromatic N) is 1. The van der Waals surface area contributed by atoms with Crippen molar-refractivity contribution >= 4 is 22.9 Å². The molecule has 2 rings (SSSR count). The lowest BCUT2D eigenvalue weighted by atomic mass is 10.2. The number of nitriles is 1. The van der Waals surface area contributed by atoms with E-state index in [0.29, 0.717) is 17.0 Å². The molecule has 0 aliphatic carbocycles. The highest BCUT2D eigenvalue weighted by atomic mass is 32.1. The lowest BCUT2D eigenvalue weighted by Crippen LogP contribution is -2.13. The van der Waals surface area contributed by atoms with Crippen LogP contribution in [0, 0.1) is 18.3 Å². The van der Waals surface area contributed by atoms with Gasteiger partial charge in [-0.25, -0.2) is 0 Å². The van der Waals surface area contributed by atoms with Crippen molar-refractivity contribution in [1.29, 1.82) is 5.26 Å². The summed E-state index contributed by atoms with van der Waals surface area (Å²) in [5, 5.41) is 15.1. The maximum Gasteiger partial charge on any atom is 0.256 e. The summed E-state index contributed by atoms with van der Waals surface area (Å²) in [6.45, 7) is 1.84. The molecule has 0 bridgehead atoms. The standard InChI is InChI=1S/C14H12N2O2S/c1-10-8-19-9-11(10)14(17)16-12-4-2-3-5-13(12)18-7-6-15/h2-5,8-9H,7H2,1H3,(H,16,17). The molecular formula is C14H12N2O2S. The van der Waals surface area contributed by atoms with Crippen LogP contribution in [0.25, 0.3) is 0 Å². The van der Waals surface area contributed by atoms with Crippen molar-refractivity contribution in [3.63, 3.8) is 0 Å². The third kappa shape index (κ3) is 3.12. The van der Waals surface area contributed by atoms with E-state index in [1.54, 1.807) is 24.3 Å². The van der Waals surface area contributed by atoms with Crippen molar-refractivity contribution in [2.75, 3.05) is 11.9 Å². The number of thiophene rings is 1. The number of hydrogen-bond acceptors (Lipinski definition) is 4. The largest absolute Gasteiger partial charge is 0.477 e. The molecule has 0 saturated heterocycles. The second kappa shape index (κ2) is 6.03. The van der Waals surface area contributed by atoms with Gasteiger partial charge in [0.1, 0.15) is 11.8 Å². The monoisotopic (exact) mass is 272 g/mol. The van der Waals surface area contributed by atoms with Crippen LogP contribution in [0.15, 0.2) is 35.0 Å². The quantitative estimate of drug-likeness (QED) is 0.929. The van der Waals surface area contributed by atoms with E-state index in [1.807, 2.05) is 23.8 Å². The van der Waals surface area contributed by atoms with Gasteiger partial charge in [0.2, 0.25) is 0 Å². The molecule has 0 aliphatic rings. The number of carbonyl (C=O) groups excluding carboxylic acids is 1. The zero-order valence-corrected chi connectivity index (χ0v) is 11.2. The first-order chi connectivity index (χ1) is 9.22. The first-order valence-corrected chi connectivity index (χ1v) is 6.59. The van der Waals surface area contributed by atoms with Crippen LogP contribution in [0.3, 0.4) is 0 Å². The number of nitrogens with one attached hydrogen (secondary N) is 1. The molecule has 4 nitrogen and oxygen atoms in total. The van der Waals surface area contributed by atoms with Gasteiger partial charge in [-0.2, -0.15) is 16.6 Å². The fourth-order valence-corrected chi connectivity index (χ4v) is 2.42. The molecule has 0 radical (unpaired) electrons. The van der Waals surface area contributed by atoms with Crippen molar-refractivity contribution in [2.24, 2.45) is 0 Å². The van der Waals surface area contributed by atoms with Gasteiger partial charge >= 0.3 is 0 Å². The number of anilines is 1. The van der Waals surface area contributed by atoms with Crippen molar-refractivity contribution in [1.82, 2.24) is 0 Å². The highest BCUT2D eigenvalue weighted by Crippen LogP contribution is 2.25. The van der Waals surface area contributed by atoms with Gasteiger partial charge in [-0.15, -0.1) is 0 Å². The SMILES string of the molecule is Cc1cscc1C(=O)Nc1ccccc1OCC#N. The van der Waals surface area contributed by atoms with E-state index in [9.17, 15) is 4.79 Å². The summed E-state index contributed by atoms with van der Waals surface area (Å²) in [7, 11) is 0. The number of amides is 1. The van der Waals surface area contributed by atoms with Gasteiger partial charge in [-0.3, -0.25) is 4.79 Å². The first kappa shape index (κ1) is 13.1. The molecule has 1 N–H and O–H groups in total. The molecular weight excluding hydrogens is 260 g/mol. The van der Waals surface area contributed by atoms with Gasteiger partial charge in [0, 0.05) is 5.38 Å². The molecule has 1 amide bonds. The van der Waals surface area contributed by atoms with Gasteiger partial charge in [-0.1, -0.05) is 12.1 Å². The molecule has 5 heteroatoms. The molecule has 0 fully saturated rings. The topological polar surface area (TPSA) is 62.1 Å². The summed E-state index contributed by atoms with van der Waals surface area (Å²) < 4.78 is 5.26.